The minimum atomic E-state index is -0.185. The second-order valence-electron chi connectivity index (χ2n) is 9.17. The first-order valence-corrected chi connectivity index (χ1v) is 11.9. The number of aryl methyl sites for hydroxylation is 1. The number of methoxy groups -OCH3 is 1. The van der Waals surface area contributed by atoms with Crippen LogP contribution >= 0.6 is 0 Å². The monoisotopic (exact) mass is 451 g/mol. The molecule has 3 nitrogen and oxygen atoms in total. The van der Waals surface area contributed by atoms with Crippen molar-refractivity contribution in [2.45, 2.75) is 34.1 Å². The van der Waals surface area contributed by atoms with Crippen molar-refractivity contribution in [3.05, 3.63) is 84.4 Å². The van der Waals surface area contributed by atoms with Gasteiger partial charge in [-0.05, 0) is 65.4 Å². The van der Waals surface area contributed by atoms with Crippen LogP contribution in [0.25, 0.3) is 32.7 Å². The van der Waals surface area contributed by atoms with Crippen molar-refractivity contribution >= 4 is 33.1 Å². The smallest absolute Gasteiger partial charge is 0.227 e. The Hall–Kier alpha value is -3.59. The summed E-state index contributed by atoms with van der Waals surface area (Å²) in [4.78, 5) is 13.5. The Bertz CT molecular complexity index is 1390. The summed E-state index contributed by atoms with van der Waals surface area (Å²) in [5.41, 5.74) is 4.88. The number of hydrogen-bond acceptors (Lipinski definition) is 2. The second-order valence-corrected chi connectivity index (χ2v) is 9.17. The number of hydrogen-bond donors (Lipinski definition) is 1. The molecule has 0 heterocycles. The van der Waals surface area contributed by atoms with E-state index in [1.165, 1.54) is 0 Å². The Kier molecular flexibility index (Phi) is 6.74. The summed E-state index contributed by atoms with van der Waals surface area (Å²) in [6.45, 7) is 12.3. The van der Waals surface area contributed by atoms with Gasteiger partial charge in [-0.3, -0.25) is 4.79 Å². The van der Waals surface area contributed by atoms with Crippen LogP contribution in [0, 0.1) is 18.8 Å². The van der Waals surface area contributed by atoms with Crippen molar-refractivity contribution in [1.29, 1.82) is 0 Å². The molecule has 1 amide bonds. The molecule has 0 spiro atoms. The molecule has 4 rings (SSSR count). The lowest BCUT2D eigenvalue weighted by molar-refractivity contribution is -0.120. The third kappa shape index (κ3) is 4.19. The molecule has 0 aliphatic heterocycles. The van der Waals surface area contributed by atoms with Gasteiger partial charge in [-0.25, -0.2) is 0 Å². The minimum Gasteiger partial charge on any atom is -0.496 e. The van der Waals surface area contributed by atoms with E-state index in [4.69, 9.17) is 4.74 Å². The van der Waals surface area contributed by atoms with E-state index >= 15 is 0 Å². The average Bonchev–Trinajstić information content (AvgIpc) is 2.84. The van der Waals surface area contributed by atoms with E-state index in [9.17, 15) is 4.79 Å². The quantitative estimate of drug-likeness (QED) is 0.288. The van der Waals surface area contributed by atoms with Gasteiger partial charge >= 0.3 is 0 Å². The zero-order chi connectivity index (χ0) is 24.4. The minimum absolute atomic E-state index is 0.00804. The van der Waals surface area contributed by atoms with Crippen molar-refractivity contribution in [3.8, 4) is 16.9 Å². The lowest BCUT2D eigenvalue weighted by atomic mass is 9.85. The van der Waals surface area contributed by atoms with Crippen molar-refractivity contribution in [2.75, 3.05) is 12.4 Å². The summed E-state index contributed by atoms with van der Waals surface area (Å²) in [7, 11) is 1.70. The normalized spacial score (nSPS) is 13.0. The maximum Gasteiger partial charge on any atom is 0.227 e. The topological polar surface area (TPSA) is 38.3 Å². The largest absolute Gasteiger partial charge is 0.496 e. The van der Waals surface area contributed by atoms with Crippen LogP contribution in [0.2, 0.25) is 0 Å². The number of anilines is 1. The lowest BCUT2D eigenvalue weighted by Gasteiger charge is -2.25. The molecule has 0 aliphatic carbocycles. The number of nitrogens with one attached hydrogen (secondary N) is 1. The molecule has 0 unspecified atom stereocenters. The molecule has 3 heteroatoms. The highest BCUT2D eigenvalue weighted by atomic mass is 16.5. The molecule has 0 saturated carbocycles. The summed E-state index contributed by atoms with van der Waals surface area (Å²) in [5.74, 6) is 0.743. The fraction of sp³-hybridized carbons (Fsp3) is 0.258. The summed E-state index contributed by atoms with van der Waals surface area (Å²) in [6, 6.07) is 22.9. The summed E-state index contributed by atoms with van der Waals surface area (Å²) < 4.78 is 5.87. The van der Waals surface area contributed by atoms with Crippen LogP contribution in [0.1, 0.15) is 32.8 Å². The average molecular weight is 452 g/mol. The highest BCUT2D eigenvalue weighted by Gasteiger charge is 2.26. The van der Waals surface area contributed by atoms with Gasteiger partial charge in [0, 0.05) is 17.0 Å². The van der Waals surface area contributed by atoms with Crippen molar-refractivity contribution in [1.82, 2.24) is 0 Å². The Balaban J connectivity index is 2.00. The number of fused-ring (bicyclic) bond motifs is 2. The van der Waals surface area contributed by atoms with E-state index in [0.717, 1.165) is 61.7 Å². The van der Waals surface area contributed by atoms with Gasteiger partial charge in [-0.1, -0.05) is 80.6 Å². The first kappa shape index (κ1) is 23.6. The van der Waals surface area contributed by atoms with Gasteiger partial charge in [0.1, 0.15) is 5.75 Å². The van der Waals surface area contributed by atoms with Gasteiger partial charge in [0.2, 0.25) is 5.91 Å². The molecule has 0 fully saturated rings. The summed E-state index contributed by atoms with van der Waals surface area (Å²) in [6.07, 6.45) is 0.880. The van der Waals surface area contributed by atoms with Gasteiger partial charge in [-0.2, -0.15) is 0 Å². The van der Waals surface area contributed by atoms with Crippen molar-refractivity contribution in [2.24, 2.45) is 11.8 Å². The van der Waals surface area contributed by atoms with Crippen molar-refractivity contribution < 1.29 is 9.53 Å². The predicted molar refractivity (Wildman–Crippen MR) is 145 cm³/mol. The molecule has 0 saturated heterocycles. The SMILES string of the molecule is C=C(C)[C@H](CC)[C@H](C)C(=O)Nc1c(C)cc2ccccc2c1-c1c(OC)ccc2ccccc12. The van der Waals surface area contributed by atoms with Crippen LogP contribution in [-0.4, -0.2) is 13.0 Å². The molecule has 1 N–H and O–H groups in total. The molecular weight excluding hydrogens is 418 g/mol. The number of rotatable bonds is 7. The van der Waals surface area contributed by atoms with E-state index < -0.39 is 0 Å². The number of benzene rings is 4. The van der Waals surface area contributed by atoms with Gasteiger partial charge in [0.15, 0.2) is 0 Å². The highest BCUT2D eigenvalue weighted by Crippen LogP contribution is 2.46. The number of carbonyl (C=O) groups is 1. The lowest BCUT2D eigenvalue weighted by Crippen LogP contribution is -2.28. The Morgan fingerprint density at radius 1 is 0.971 bits per heavy atom. The predicted octanol–water partition coefficient (Wildman–Crippen LogP) is 8.15. The summed E-state index contributed by atoms with van der Waals surface area (Å²) in [5, 5.41) is 7.75. The molecule has 34 heavy (non-hydrogen) atoms. The zero-order valence-electron chi connectivity index (χ0n) is 20.7. The van der Waals surface area contributed by atoms with E-state index in [-0.39, 0.29) is 17.7 Å². The van der Waals surface area contributed by atoms with E-state index in [2.05, 4.69) is 62.1 Å². The first-order chi connectivity index (χ1) is 16.4. The number of amides is 1. The fourth-order valence-corrected chi connectivity index (χ4v) is 5.14. The van der Waals surface area contributed by atoms with Crippen LogP contribution in [0.15, 0.2) is 78.9 Å². The van der Waals surface area contributed by atoms with E-state index in [1.54, 1.807) is 7.11 Å². The molecule has 0 bridgehead atoms. The fourth-order valence-electron chi connectivity index (χ4n) is 5.14. The van der Waals surface area contributed by atoms with Crippen LogP contribution in [0.4, 0.5) is 5.69 Å². The molecular formula is C31H33NO2. The molecule has 174 valence electrons. The van der Waals surface area contributed by atoms with Crippen LogP contribution in [-0.2, 0) is 4.79 Å². The zero-order valence-corrected chi connectivity index (χ0v) is 20.7. The van der Waals surface area contributed by atoms with Crippen LogP contribution < -0.4 is 10.1 Å². The molecule has 4 aromatic carbocycles. The first-order valence-electron chi connectivity index (χ1n) is 11.9. The van der Waals surface area contributed by atoms with E-state index in [1.807, 2.05) is 44.2 Å². The third-order valence-electron chi connectivity index (χ3n) is 6.95. The number of allylic oxidation sites excluding steroid dienone is 1. The molecule has 0 aliphatic rings. The molecule has 0 aromatic heterocycles. The Morgan fingerprint density at radius 3 is 2.21 bits per heavy atom. The Morgan fingerprint density at radius 2 is 1.59 bits per heavy atom. The summed E-state index contributed by atoms with van der Waals surface area (Å²) >= 11 is 0. The van der Waals surface area contributed by atoms with Crippen molar-refractivity contribution in [3.63, 3.8) is 0 Å². The number of ether oxygens (including phenoxy) is 1. The molecule has 0 radical (unpaired) electrons. The van der Waals surface area contributed by atoms with Crippen LogP contribution in [0.5, 0.6) is 5.75 Å². The maximum atomic E-state index is 13.5. The van der Waals surface area contributed by atoms with Gasteiger partial charge < -0.3 is 10.1 Å². The van der Waals surface area contributed by atoms with Crippen LogP contribution in [0.3, 0.4) is 0 Å². The highest BCUT2D eigenvalue weighted by molar-refractivity contribution is 6.14. The maximum absolute atomic E-state index is 13.5. The van der Waals surface area contributed by atoms with Gasteiger partial charge in [0.05, 0.1) is 12.8 Å². The van der Waals surface area contributed by atoms with E-state index in [0.29, 0.717) is 0 Å². The van der Waals surface area contributed by atoms with Gasteiger partial charge in [-0.15, -0.1) is 0 Å². The third-order valence-corrected chi connectivity index (χ3v) is 6.95. The standard InChI is InChI=1S/C31H33NO2/c1-7-24(19(2)3)21(5)31(33)32-30-20(4)18-23-13-9-11-15-26(23)29(30)28-25-14-10-8-12-22(25)16-17-27(28)34-6/h8-18,21,24H,2,7H2,1,3-6H3,(H,32,33)/t21-,24-/m0/s1. The Labute approximate surface area is 202 Å². The van der Waals surface area contributed by atoms with Gasteiger partial charge in [0.25, 0.3) is 0 Å². The number of carbonyl (C=O) groups excluding carboxylic acids is 1. The second kappa shape index (κ2) is 9.72. The molecule has 2 atom stereocenters. The molecule has 4 aromatic rings.